The Kier molecular flexibility index (Phi) is 5.93. The standard InChI is InChI=1S/C19H20N4O6/c1-11-14(15-17(29-11)20-10-23(2)18(15)25)16(24)21-12-5-4-6-13(9-12)22-19(26)28-8-7-27-3/h4-6,9-10H,7-8H2,1-3H3,(H,21,24)(H,22,26). The van der Waals surface area contributed by atoms with E-state index in [9.17, 15) is 14.4 Å². The van der Waals surface area contributed by atoms with Crippen molar-refractivity contribution in [3.63, 3.8) is 0 Å². The molecule has 2 amide bonds. The summed E-state index contributed by atoms with van der Waals surface area (Å²) in [5.41, 5.74) is 0.679. The van der Waals surface area contributed by atoms with Crippen molar-refractivity contribution in [1.82, 2.24) is 9.55 Å². The van der Waals surface area contributed by atoms with E-state index in [1.54, 1.807) is 38.2 Å². The molecular weight excluding hydrogens is 380 g/mol. The number of hydrogen-bond acceptors (Lipinski definition) is 7. The highest BCUT2D eigenvalue weighted by Crippen LogP contribution is 2.23. The summed E-state index contributed by atoms with van der Waals surface area (Å²) in [6.45, 7) is 1.99. The van der Waals surface area contributed by atoms with Gasteiger partial charge in [-0.2, -0.15) is 0 Å². The molecule has 2 heterocycles. The molecule has 3 rings (SSSR count). The van der Waals surface area contributed by atoms with Gasteiger partial charge in [-0.15, -0.1) is 0 Å². The number of ether oxygens (including phenoxy) is 2. The van der Waals surface area contributed by atoms with E-state index in [1.165, 1.54) is 18.0 Å². The molecule has 2 aromatic heterocycles. The summed E-state index contributed by atoms with van der Waals surface area (Å²) in [4.78, 5) is 41.0. The second kappa shape index (κ2) is 8.57. The summed E-state index contributed by atoms with van der Waals surface area (Å²) in [5, 5.41) is 5.37. The van der Waals surface area contributed by atoms with Crippen LogP contribution < -0.4 is 16.2 Å². The molecule has 10 heteroatoms. The van der Waals surface area contributed by atoms with E-state index in [0.717, 1.165) is 0 Å². The van der Waals surface area contributed by atoms with Crippen molar-refractivity contribution >= 4 is 34.5 Å². The summed E-state index contributed by atoms with van der Waals surface area (Å²) < 4.78 is 16.5. The Labute approximate surface area is 165 Å². The molecule has 0 aliphatic carbocycles. The lowest BCUT2D eigenvalue weighted by Crippen LogP contribution is -2.20. The quantitative estimate of drug-likeness (QED) is 0.608. The fourth-order valence-corrected chi connectivity index (χ4v) is 2.70. The van der Waals surface area contributed by atoms with Crippen LogP contribution in [0.3, 0.4) is 0 Å². The minimum Gasteiger partial charge on any atom is -0.447 e. The molecule has 0 spiro atoms. The fourth-order valence-electron chi connectivity index (χ4n) is 2.70. The van der Waals surface area contributed by atoms with Crippen molar-refractivity contribution in [1.29, 1.82) is 0 Å². The van der Waals surface area contributed by atoms with E-state index >= 15 is 0 Å². The highest BCUT2D eigenvalue weighted by Gasteiger charge is 2.22. The van der Waals surface area contributed by atoms with Crippen molar-refractivity contribution in [2.45, 2.75) is 6.92 Å². The maximum absolute atomic E-state index is 12.8. The van der Waals surface area contributed by atoms with E-state index in [2.05, 4.69) is 15.6 Å². The molecule has 0 fully saturated rings. The third kappa shape index (κ3) is 4.43. The highest BCUT2D eigenvalue weighted by atomic mass is 16.6. The zero-order valence-corrected chi connectivity index (χ0v) is 16.1. The summed E-state index contributed by atoms with van der Waals surface area (Å²) in [7, 11) is 3.05. The number of anilines is 2. The smallest absolute Gasteiger partial charge is 0.411 e. The van der Waals surface area contributed by atoms with Gasteiger partial charge in [0.25, 0.3) is 11.5 Å². The van der Waals surface area contributed by atoms with Crippen molar-refractivity contribution < 1.29 is 23.5 Å². The summed E-state index contributed by atoms with van der Waals surface area (Å²) in [6, 6.07) is 6.50. The van der Waals surface area contributed by atoms with Gasteiger partial charge >= 0.3 is 6.09 Å². The second-order valence-corrected chi connectivity index (χ2v) is 6.16. The first-order valence-corrected chi connectivity index (χ1v) is 8.69. The monoisotopic (exact) mass is 400 g/mol. The molecule has 3 aromatic rings. The topological polar surface area (TPSA) is 125 Å². The van der Waals surface area contributed by atoms with Crippen LogP contribution in [0, 0.1) is 6.92 Å². The zero-order chi connectivity index (χ0) is 21.0. The molecule has 0 atom stereocenters. The lowest BCUT2D eigenvalue weighted by molar-refractivity contribution is 0.102. The number of benzene rings is 1. The van der Waals surface area contributed by atoms with E-state index in [1.807, 2.05) is 0 Å². The Morgan fingerprint density at radius 2 is 1.93 bits per heavy atom. The number of methoxy groups -OCH3 is 1. The first kappa shape index (κ1) is 20.1. The van der Waals surface area contributed by atoms with Crippen molar-refractivity contribution in [2.24, 2.45) is 7.05 Å². The molecule has 152 valence electrons. The van der Waals surface area contributed by atoms with Gasteiger partial charge < -0.3 is 23.8 Å². The normalized spacial score (nSPS) is 10.7. The van der Waals surface area contributed by atoms with Gasteiger partial charge in [0.05, 0.1) is 12.2 Å². The summed E-state index contributed by atoms with van der Waals surface area (Å²) >= 11 is 0. The number of amides is 2. The van der Waals surface area contributed by atoms with Crippen LogP contribution in [0.25, 0.3) is 11.1 Å². The van der Waals surface area contributed by atoms with Crippen LogP contribution in [-0.4, -0.2) is 41.9 Å². The second-order valence-electron chi connectivity index (χ2n) is 6.16. The van der Waals surface area contributed by atoms with Crippen molar-refractivity contribution in [2.75, 3.05) is 31.0 Å². The van der Waals surface area contributed by atoms with Gasteiger partial charge in [0.15, 0.2) is 0 Å². The Morgan fingerprint density at radius 3 is 2.66 bits per heavy atom. The number of rotatable bonds is 6. The van der Waals surface area contributed by atoms with Crippen molar-refractivity contribution in [3.8, 4) is 0 Å². The molecule has 0 bridgehead atoms. The molecular formula is C19H20N4O6. The van der Waals surface area contributed by atoms with E-state index < -0.39 is 12.0 Å². The average molecular weight is 400 g/mol. The van der Waals surface area contributed by atoms with Crippen LogP contribution in [0.15, 0.2) is 39.8 Å². The number of aryl methyl sites for hydroxylation is 2. The summed E-state index contributed by atoms with van der Waals surface area (Å²) in [5.74, 6) is -0.240. The minimum absolute atomic E-state index is 0.102. The molecule has 0 aliphatic rings. The van der Waals surface area contributed by atoms with E-state index in [4.69, 9.17) is 13.9 Å². The van der Waals surface area contributed by atoms with E-state index in [-0.39, 0.29) is 41.2 Å². The van der Waals surface area contributed by atoms with Gasteiger partial charge in [0, 0.05) is 25.5 Å². The van der Waals surface area contributed by atoms with Gasteiger partial charge in [-0.25, -0.2) is 9.78 Å². The predicted octanol–water partition coefficient (Wildman–Crippen LogP) is 2.28. The third-order valence-electron chi connectivity index (χ3n) is 4.06. The molecule has 0 saturated heterocycles. The van der Waals surface area contributed by atoms with Crippen LogP contribution in [0.2, 0.25) is 0 Å². The van der Waals surface area contributed by atoms with Crippen LogP contribution in [0.4, 0.5) is 16.2 Å². The highest BCUT2D eigenvalue weighted by molar-refractivity contribution is 6.12. The molecule has 1 aromatic carbocycles. The SMILES string of the molecule is COCCOC(=O)Nc1cccc(NC(=O)c2c(C)oc3ncn(C)c(=O)c23)c1. The largest absolute Gasteiger partial charge is 0.447 e. The van der Waals surface area contributed by atoms with Crippen LogP contribution in [0.5, 0.6) is 0 Å². The number of furan rings is 1. The number of carbonyl (C=O) groups is 2. The van der Waals surface area contributed by atoms with Crippen LogP contribution >= 0.6 is 0 Å². The van der Waals surface area contributed by atoms with Gasteiger partial charge in [-0.3, -0.25) is 14.9 Å². The van der Waals surface area contributed by atoms with Crippen molar-refractivity contribution in [3.05, 3.63) is 52.3 Å². The number of hydrogen-bond donors (Lipinski definition) is 2. The molecule has 0 unspecified atom stereocenters. The zero-order valence-electron chi connectivity index (χ0n) is 16.1. The first-order chi connectivity index (χ1) is 13.9. The Morgan fingerprint density at radius 1 is 1.21 bits per heavy atom. The van der Waals surface area contributed by atoms with Gasteiger partial charge in [0.2, 0.25) is 5.71 Å². The molecule has 0 aliphatic heterocycles. The maximum Gasteiger partial charge on any atom is 0.411 e. The predicted molar refractivity (Wildman–Crippen MR) is 105 cm³/mol. The third-order valence-corrected chi connectivity index (χ3v) is 4.06. The Hall–Kier alpha value is -3.66. The van der Waals surface area contributed by atoms with Gasteiger partial charge in [-0.1, -0.05) is 6.07 Å². The number of nitrogens with zero attached hydrogens (tertiary/aromatic N) is 2. The average Bonchev–Trinajstić information content (AvgIpc) is 3.02. The van der Waals surface area contributed by atoms with Gasteiger partial charge in [0.1, 0.15) is 24.1 Å². The number of aromatic nitrogens is 2. The molecule has 10 nitrogen and oxygen atoms in total. The first-order valence-electron chi connectivity index (χ1n) is 8.69. The number of carbonyl (C=O) groups excluding carboxylic acids is 2. The Balaban J connectivity index is 1.79. The molecule has 0 radical (unpaired) electrons. The number of fused-ring (bicyclic) bond motifs is 1. The van der Waals surface area contributed by atoms with Gasteiger partial charge in [-0.05, 0) is 25.1 Å². The molecule has 29 heavy (non-hydrogen) atoms. The lowest BCUT2D eigenvalue weighted by atomic mass is 10.1. The maximum atomic E-state index is 12.8. The molecule has 2 N–H and O–H groups in total. The fraction of sp³-hybridized carbons (Fsp3) is 0.263. The van der Waals surface area contributed by atoms with E-state index in [0.29, 0.717) is 11.4 Å². The lowest BCUT2D eigenvalue weighted by Gasteiger charge is -2.09. The molecule has 0 saturated carbocycles. The Bertz CT molecular complexity index is 1120. The number of nitrogens with one attached hydrogen (secondary N) is 2. The summed E-state index contributed by atoms with van der Waals surface area (Å²) in [6.07, 6.45) is 0.688. The van der Waals surface area contributed by atoms with Crippen LogP contribution in [0.1, 0.15) is 16.1 Å². The van der Waals surface area contributed by atoms with Crippen LogP contribution in [-0.2, 0) is 16.5 Å². The minimum atomic E-state index is -0.642.